The minimum atomic E-state index is -3.53. The van der Waals surface area contributed by atoms with E-state index in [1.807, 2.05) is 40.7 Å². The predicted molar refractivity (Wildman–Crippen MR) is 84.1 cm³/mol. The highest BCUT2D eigenvalue weighted by atomic mass is 32.2. The van der Waals surface area contributed by atoms with Crippen LogP contribution in [0, 0.1) is 27.7 Å². The highest BCUT2D eigenvalue weighted by Gasteiger charge is 2.29. The van der Waals surface area contributed by atoms with Crippen LogP contribution >= 0.6 is 0 Å². The fourth-order valence-corrected chi connectivity index (χ4v) is 4.85. The molecule has 5 heteroatoms. The largest absolute Gasteiger partial charge is 0.377 e. The molecule has 1 N–H and O–H groups in total. The minimum absolute atomic E-state index is 0.0220. The number of hydrogen-bond donors (Lipinski definition) is 1. The maximum Gasteiger partial charge on any atom is 0.241 e. The lowest BCUT2D eigenvalue weighted by molar-refractivity contribution is 0.0902. The molecular weight excluding hydrogens is 286 g/mol. The minimum Gasteiger partial charge on any atom is -0.377 e. The van der Waals surface area contributed by atoms with Crippen molar-refractivity contribution in [2.45, 2.75) is 64.5 Å². The summed E-state index contributed by atoms with van der Waals surface area (Å²) >= 11 is 0. The maximum absolute atomic E-state index is 12.8. The van der Waals surface area contributed by atoms with Crippen molar-refractivity contribution in [3.05, 3.63) is 28.3 Å². The molecule has 0 spiro atoms. The summed E-state index contributed by atoms with van der Waals surface area (Å²) in [6.45, 7) is 10.2. The Kier molecular flexibility index (Phi) is 4.76. The summed E-state index contributed by atoms with van der Waals surface area (Å²) in [6.07, 6.45) is 1.89. The Morgan fingerprint density at radius 1 is 1.19 bits per heavy atom. The number of ether oxygens (including phenoxy) is 1. The van der Waals surface area contributed by atoms with Crippen LogP contribution in [0.1, 0.15) is 42.0 Å². The van der Waals surface area contributed by atoms with Gasteiger partial charge in [-0.25, -0.2) is 13.1 Å². The topological polar surface area (TPSA) is 55.4 Å². The average Bonchev–Trinajstić information content (AvgIpc) is 2.89. The first kappa shape index (κ1) is 16.5. The van der Waals surface area contributed by atoms with Gasteiger partial charge in [-0.1, -0.05) is 6.07 Å². The van der Waals surface area contributed by atoms with Gasteiger partial charge in [0.05, 0.1) is 11.0 Å². The van der Waals surface area contributed by atoms with Gasteiger partial charge >= 0.3 is 0 Å². The molecule has 0 aromatic heterocycles. The third kappa shape index (κ3) is 3.30. The summed E-state index contributed by atoms with van der Waals surface area (Å²) in [5.74, 6) is 0. The molecule has 0 bridgehead atoms. The Morgan fingerprint density at radius 3 is 2.24 bits per heavy atom. The second kappa shape index (κ2) is 6.07. The molecule has 2 unspecified atom stereocenters. The summed E-state index contributed by atoms with van der Waals surface area (Å²) in [7, 11) is -3.53. The van der Waals surface area contributed by atoms with Crippen molar-refractivity contribution < 1.29 is 13.2 Å². The van der Waals surface area contributed by atoms with Crippen molar-refractivity contribution in [1.82, 2.24) is 4.72 Å². The standard InChI is InChI=1S/C16H25NO3S/c1-10-9-11(2)13(4)16(12(10)3)21(18,19)17-14(5)15-7-6-8-20-15/h9,14-15,17H,6-8H2,1-5H3. The summed E-state index contributed by atoms with van der Waals surface area (Å²) in [5.41, 5.74) is 3.65. The second-order valence-corrected chi connectivity index (χ2v) is 7.70. The van der Waals surface area contributed by atoms with Gasteiger partial charge in [-0.15, -0.1) is 0 Å². The number of sulfonamides is 1. The predicted octanol–water partition coefficient (Wildman–Crippen LogP) is 2.77. The van der Waals surface area contributed by atoms with Crippen molar-refractivity contribution in [3.8, 4) is 0 Å². The zero-order valence-corrected chi connectivity index (χ0v) is 14.3. The van der Waals surface area contributed by atoms with Gasteiger partial charge in [0.1, 0.15) is 0 Å². The molecule has 0 saturated carbocycles. The molecule has 2 rings (SSSR count). The van der Waals surface area contributed by atoms with Gasteiger partial charge < -0.3 is 4.74 Å². The van der Waals surface area contributed by atoms with Crippen molar-refractivity contribution in [1.29, 1.82) is 0 Å². The van der Waals surface area contributed by atoms with E-state index >= 15 is 0 Å². The lowest BCUT2D eigenvalue weighted by Gasteiger charge is -2.22. The molecule has 1 aliphatic rings. The monoisotopic (exact) mass is 311 g/mol. The lowest BCUT2D eigenvalue weighted by atomic mass is 10.0. The molecule has 118 valence electrons. The molecule has 1 saturated heterocycles. The number of rotatable bonds is 4. The van der Waals surface area contributed by atoms with Crippen LogP contribution in [0.25, 0.3) is 0 Å². The summed E-state index contributed by atoms with van der Waals surface area (Å²) < 4.78 is 33.9. The van der Waals surface area contributed by atoms with Crippen molar-refractivity contribution in [3.63, 3.8) is 0 Å². The first-order valence-electron chi connectivity index (χ1n) is 7.45. The van der Waals surface area contributed by atoms with Gasteiger partial charge in [0.15, 0.2) is 0 Å². The fraction of sp³-hybridized carbons (Fsp3) is 0.625. The quantitative estimate of drug-likeness (QED) is 0.930. The van der Waals surface area contributed by atoms with E-state index < -0.39 is 10.0 Å². The molecule has 1 heterocycles. The van der Waals surface area contributed by atoms with E-state index in [1.54, 1.807) is 0 Å². The van der Waals surface area contributed by atoms with Crippen molar-refractivity contribution in [2.24, 2.45) is 0 Å². The SMILES string of the molecule is Cc1cc(C)c(C)c(S(=O)(=O)NC(C)C2CCCO2)c1C. The van der Waals surface area contributed by atoms with E-state index in [0.717, 1.165) is 41.7 Å². The first-order valence-corrected chi connectivity index (χ1v) is 8.93. The van der Waals surface area contributed by atoms with E-state index in [9.17, 15) is 8.42 Å². The number of hydrogen-bond acceptors (Lipinski definition) is 3. The molecule has 2 atom stereocenters. The molecular formula is C16H25NO3S. The average molecular weight is 311 g/mol. The van der Waals surface area contributed by atoms with Crippen LogP contribution in [0.2, 0.25) is 0 Å². The van der Waals surface area contributed by atoms with Crippen LogP contribution < -0.4 is 4.72 Å². The second-order valence-electron chi connectivity index (χ2n) is 6.05. The third-order valence-electron chi connectivity index (χ3n) is 4.43. The zero-order valence-electron chi connectivity index (χ0n) is 13.5. The maximum atomic E-state index is 12.8. The fourth-order valence-electron chi connectivity index (χ4n) is 2.96. The van der Waals surface area contributed by atoms with Crippen LogP contribution in [0.3, 0.4) is 0 Å². The van der Waals surface area contributed by atoms with Crippen molar-refractivity contribution in [2.75, 3.05) is 6.61 Å². The summed E-state index contributed by atoms with van der Waals surface area (Å²) in [6, 6.07) is 1.82. The van der Waals surface area contributed by atoms with E-state index in [0.29, 0.717) is 4.90 Å². The van der Waals surface area contributed by atoms with Crippen LogP contribution in [0.5, 0.6) is 0 Å². The first-order chi connectivity index (χ1) is 9.74. The highest BCUT2D eigenvalue weighted by molar-refractivity contribution is 7.89. The van der Waals surface area contributed by atoms with E-state index in [4.69, 9.17) is 4.74 Å². The highest BCUT2D eigenvalue weighted by Crippen LogP contribution is 2.27. The van der Waals surface area contributed by atoms with Crippen molar-refractivity contribution >= 4 is 10.0 Å². The van der Waals surface area contributed by atoms with Gasteiger partial charge in [-0.05, 0) is 69.7 Å². The molecule has 1 aromatic rings. The molecule has 1 fully saturated rings. The number of benzene rings is 1. The van der Waals surface area contributed by atoms with Crippen LogP contribution in [0.4, 0.5) is 0 Å². The lowest BCUT2D eigenvalue weighted by Crippen LogP contribution is -2.41. The normalized spacial score (nSPS) is 20.7. The van der Waals surface area contributed by atoms with Crippen LogP contribution in [-0.2, 0) is 14.8 Å². The van der Waals surface area contributed by atoms with E-state index in [2.05, 4.69) is 4.72 Å². The zero-order chi connectivity index (χ0) is 15.8. The molecule has 0 aliphatic carbocycles. The summed E-state index contributed by atoms with van der Waals surface area (Å²) in [4.78, 5) is 0.421. The number of aryl methyl sites for hydroxylation is 2. The van der Waals surface area contributed by atoms with Gasteiger partial charge in [0.2, 0.25) is 10.0 Å². The Hall–Kier alpha value is -0.910. The molecule has 4 nitrogen and oxygen atoms in total. The van der Waals surface area contributed by atoms with Gasteiger partial charge in [0, 0.05) is 12.6 Å². The Labute approximate surface area is 127 Å². The van der Waals surface area contributed by atoms with Crippen LogP contribution in [0.15, 0.2) is 11.0 Å². The smallest absolute Gasteiger partial charge is 0.241 e. The molecule has 0 radical (unpaired) electrons. The third-order valence-corrected chi connectivity index (χ3v) is 6.26. The Morgan fingerprint density at radius 2 is 1.76 bits per heavy atom. The van der Waals surface area contributed by atoms with E-state index in [-0.39, 0.29) is 12.1 Å². The molecule has 21 heavy (non-hydrogen) atoms. The number of nitrogens with one attached hydrogen (secondary N) is 1. The molecule has 1 aliphatic heterocycles. The van der Waals surface area contributed by atoms with E-state index in [1.165, 1.54) is 0 Å². The van der Waals surface area contributed by atoms with Gasteiger partial charge in [-0.2, -0.15) is 0 Å². The Balaban J connectivity index is 2.35. The molecule has 1 aromatic carbocycles. The summed E-state index contributed by atoms with van der Waals surface area (Å²) in [5, 5.41) is 0. The van der Waals surface area contributed by atoms with Gasteiger partial charge in [0.25, 0.3) is 0 Å². The van der Waals surface area contributed by atoms with Gasteiger partial charge in [-0.3, -0.25) is 0 Å². The molecule has 0 amide bonds. The Bertz CT molecular complexity index is 605. The van der Waals surface area contributed by atoms with Crippen LogP contribution in [-0.4, -0.2) is 27.2 Å².